The zero-order chi connectivity index (χ0) is 22.9. The van der Waals surface area contributed by atoms with E-state index < -0.39 is 37.9 Å². The topological polar surface area (TPSA) is 101 Å². The predicted octanol–water partition coefficient (Wildman–Crippen LogP) is 2.74. The number of nitrogens with one attached hydrogen (secondary N) is 1. The van der Waals surface area contributed by atoms with Gasteiger partial charge in [-0.25, -0.2) is 16.8 Å². The van der Waals surface area contributed by atoms with E-state index in [1.54, 1.807) is 32.0 Å². The molecule has 2 aromatic rings. The number of hydrogen-bond acceptors (Lipinski definition) is 5. The van der Waals surface area contributed by atoms with Crippen molar-refractivity contribution in [2.24, 2.45) is 0 Å². The first-order chi connectivity index (χ1) is 13.7. The molecule has 2 atom stereocenters. The second kappa shape index (κ2) is 8.77. The summed E-state index contributed by atoms with van der Waals surface area (Å²) in [5.41, 5.74) is 2.80. The number of aryl methyl sites for hydroxylation is 2. The zero-order valence-electron chi connectivity index (χ0n) is 18.0. The molecule has 9 heteroatoms. The fourth-order valence-corrected chi connectivity index (χ4v) is 5.01. The molecule has 0 radical (unpaired) electrons. The maximum atomic E-state index is 12.9. The van der Waals surface area contributed by atoms with Crippen molar-refractivity contribution in [2.75, 3.05) is 16.8 Å². The summed E-state index contributed by atoms with van der Waals surface area (Å²) < 4.78 is 49.4. The van der Waals surface area contributed by atoms with E-state index in [1.807, 2.05) is 19.1 Å². The summed E-state index contributed by atoms with van der Waals surface area (Å²) in [6.45, 7) is 6.94. The van der Waals surface area contributed by atoms with Crippen molar-refractivity contribution in [3.63, 3.8) is 0 Å². The Labute approximate surface area is 179 Å². The van der Waals surface area contributed by atoms with Crippen LogP contribution in [0, 0.1) is 13.8 Å². The molecule has 0 saturated carbocycles. The van der Waals surface area contributed by atoms with Gasteiger partial charge < -0.3 is 5.32 Å². The third-order valence-electron chi connectivity index (χ3n) is 4.86. The van der Waals surface area contributed by atoms with E-state index in [0.29, 0.717) is 11.3 Å². The molecule has 0 spiro atoms. The molecule has 7 nitrogen and oxygen atoms in total. The molecule has 0 unspecified atom stereocenters. The number of benzene rings is 2. The van der Waals surface area contributed by atoms with Crippen molar-refractivity contribution in [1.82, 2.24) is 5.32 Å². The van der Waals surface area contributed by atoms with E-state index in [4.69, 9.17) is 0 Å². The molecule has 0 aliphatic heterocycles. The van der Waals surface area contributed by atoms with Gasteiger partial charge in [0, 0.05) is 6.26 Å². The van der Waals surface area contributed by atoms with Crippen molar-refractivity contribution in [1.29, 1.82) is 0 Å². The maximum Gasteiger partial charge on any atom is 0.244 e. The summed E-state index contributed by atoms with van der Waals surface area (Å²) in [6.07, 6.45) is 2.20. The standard InChI is InChI=1S/C21H28N2O5S2/c1-14-7-8-15(2)20(13-14)23(30(6,27)28)17(4)21(24)22-16(3)18-9-11-19(12-10-18)29(5,25)26/h7-13,16-17H,1-6H3,(H,22,24)/t16-,17-/m1/s1. The number of anilines is 1. The highest BCUT2D eigenvalue weighted by molar-refractivity contribution is 7.92. The van der Waals surface area contributed by atoms with Crippen molar-refractivity contribution >= 4 is 31.5 Å². The summed E-state index contributed by atoms with van der Waals surface area (Å²) in [4.78, 5) is 13.1. The van der Waals surface area contributed by atoms with E-state index in [2.05, 4.69) is 5.32 Å². The van der Waals surface area contributed by atoms with Crippen LogP contribution in [0.15, 0.2) is 47.4 Å². The van der Waals surface area contributed by atoms with Gasteiger partial charge in [0.15, 0.2) is 9.84 Å². The molecule has 0 aliphatic rings. The first-order valence-corrected chi connectivity index (χ1v) is 13.1. The molecular formula is C21H28N2O5S2. The van der Waals surface area contributed by atoms with Gasteiger partial charge in [-0.1, -0.05) is 24.3 Å². The number of rotatable bonds is 7. The summed E-state index contributed by atoms with van der Waals surface area (Å²) in [6, 6.07) is 10.3. The number of hydrogen-bond donors (Lipinski definition) is 1. The van der Waals surface area contributed by atoms with Crippen LogP contribution in [0.3, 0.4) is 0 Å². The zero-order valence-corrected chi connectivity index (χ0v) is 19.6. The van der Waals surface area contributed by atoms with Gasteiger partial charge in [-0.2, -0.15) is 0 Å². The lowest BCUT2D eigenvalue weighted by Crippen LogP contribution is -2.48. The Morgan fingerprint density at radius 3 is 2.00 bits per heavy atom. The molecule has 30 heavy (non-hydrogen) atoms. The largest absolute Gasteiger partial charge is 0.348 e. The van der Waals surface area contributed by atoms with E-state index in [9.17, 15) is 21.6 Å². The van der Waals surface area contributed by atoms with Crippen LogP contribution in [0.2, 0.25) is 0 Å². The van der Waals surface area contributed by atoms with E-state index >= 15 is 0 Å². The highest BCUT2D eigenvalue weighted by Gasteiger charge is 2.31. The van der Waals surface area contributed by atoms with Crippen LogP contribution in [0.1, 0.15) is 36.6 Å². The Hall–Kier alpha value is -2.39. The fourth-order valence-electron chi connectivity index (χ4n) is 3.16. The number of nitrogens with zero attached hydrogens (tertiary/aromatic N) is 1. The Balaban J connectivity index is 2.28. The van der Waals surface area contributed by atoms with Crippen molar-refractivity contribution in [2.45, 2.75) is 44.7 Å². The second-order valence-electron chi connectivity index (χ2n) is 7.60. The van der Waals surface area contributed by atoms with E-state index in [1.165, 1.54) is 19.1 Å². The van der Waals surface area contributed by atoms with Crippen LogP contribution >= 0.6 is 0 Å². The third-order valence-corrected chi connectivity index (χ3v) is 7.21. The van der Waals surface area contributed by atoms with Crippen LogP contribution in [0.5, 0.6) is 0 Å². The minimum absolute atomic E-state index is 0.191. The summed E-state index contributed by atoms with van der Waals surface area (Å²) in [7, 11) is -7.03. The van der Waals surface area contributed by atoms with Crippen LogP contribution in [0.25, 0.3) is 0 Å². The summed E-state index contributed by atoms with van der Waals surface area (Å²) in [5, 5.41) is 2.82. The molecule has 0 saturated heterocycles. The molecular weight excluding hydrogens is 424 g/mol. The van der Waals surface area contributed by atoms with Crippen LogP contribution in [-0.4, -0.2) is 41.3 Å². The molecule has 164 valence electrons. The Morgan fingerprint density at radius 2 is 1.50 bits per heavy atom. The van der Waals surface area contributed by atoms with Gasteiger partial charge in [-0.15, -0.1) is 0 Å². The normalized spacial score (nSPS) is 14.1. The summed E-state index contributed by atoms with van der Waals surface area (Å²) >= 11 is 0. The quantitative estimate of drug-likeness (QED) is 0.696. The molecule has 0 aromatic heterocycles. The Bertz CT molecular complexity index is 1140. The van der Waals surface area contributed by atoms with Crippen LogP contribution < -0.4 is 9.62 Å². The molecule has 0 aliphatic carbocycles. The molecule has 0 heterocycles. The molecule has 2 aromatic carbocycles. The highest BCUT2D eigenvalue weighted by Crippen LogP contribution is 2.26. The third kappa shape index (κ3) is 5.60. The highest BCUT2D eigenvalue weighted by atomic mass is 32.2. The number of amides is 1. The Kier molecular flexibility index (Phi) is 6.98. The van der Waals surface area contributed by atoms with E-state index in [-0.39, 0.29) is 4.90 Å². The van der Waals surface area contributed by atoms with Gasteiger partial charge in [-0.3, -0.25) is 9.10 Å². The molecule has 1 amide bonds. The van der Waals surface area contributed by atoms with Gasteiger partial charge in [-0.05, 0) is 62.6 Å². The number of sulfone groups is 1. The maximum absolute atomic E-state index is 12.9. The fraction of sp³-hybridized carbons (Fsp3) is 0.381. The van der Waals surface area contributed by atoms with Gasteiger partial charge in [0.25, 0.3) is 0 Å². The SMILES string of the molecule is Cc1ccc(C)c(N([C@H](C)C(=O)N[C@H](C)c2ccc(S(C)(=O)=O)cc2)S(C)(=O)=O)c1. The van der Waals surface area contributed by atoms with Gasteiger partial charge in [0.1, 0.15) is 6.04 Å². The number of carbonyl (C=O) groups is 1. The van der Waals surface area contributed by atoms with Crippen molar-refractivity contribution in [3.05, 3.63) is 59.2 Å². The number of sulfonamides is 1. The minimum atomic E-state index is -3.72. The molecule has 2 rings (SSSR count). The van der Waals surface area contributed by atoms with Gasteiger partial charge in [0.2, 0.25) is 15.9 Å². The van der Waals surface area contributed by atoms with Gasteiger partial charge in [0.05, 0.1) is 22.9 Å². The predicted molar refractivity (Wildman–Crippen MR) is 119 cm³/mol. The van der Waals surface area contributed by atoms with Crippen molar-refractivity contribution < 1.29 is 21.6 Å². The lowest BCUT2D eigenvalue weighted by Gasteiger charge is -2.30. The molecule has 1 N–H and O–H groups in total. The summed E-state index contributed by atoms with van der Waals surface area (Å²) in [5.74, 6) is -0.457. The smallest absolute Gasteiger partial charge is 0.244 e. The first kappa shape index (κ1) is 23.9. The average molecular weight is 453 g/mol. The lowest BCUT2D eigenvalue weighted by atomic mass is 10.1. The molecule has 0 fully saturated rings. The first-order valence-electron chi connectivity index (χ1n) is 9.39. The monoisotopic (exact) mass is 452 g/mol. The van der Waals surface area contributed by atoms with Gasteiger partial charge >= 0.3 is 0 Å². The van der Waals surface area contributed by atoms with Crippen molar-refractivity contribution in [3.8, 4) is 0 Å². The van der Waals surface area contributed by atoms with Crippen LogP contribution in [0.4, 0.5) is 5.69 Å². The minimum Gasteiger partial charge on any atom is -0.348 e. The second-order valence-corrected chi connectivity index (χ2v) is 11.5. The number of carbonyl (C=O) groups excluding carboxylic acids is 1. The van der Waals surface area contributed by atoms with E-state index in [0.717, 1.165) is 27.9 Å². The molecule has 0 bridgehead atoms. The lowest BCUT2D eigenvalue weighted by molar-refractivity contribution is -0.122. The van der Waals surface area contributed by atoms with Crippen LogP contribution in [-0.2, 0) is 24.7 Å². The Morgan fingerprint density at radius 1 is 0.933 bits per heavy atom. The average Bonchev–Trinajstić information content (AvgIpc) is 2.62.